The van der Waals surface area contributed by atoms with E-state index in [9.17, 15) is 0 Å². The second-order valence-electron chi connectivity index (χ2n) is 6.56. The second-order valence-corrected chi connectivity index (χ2v) is 6.56. The van der Waals surface area contributed by atoms with Crippen molar-refractivity contribution in [2.24, 2.45) is 0 Å². The number of nitrogens with zero attached hydrogens (tertiary/aromatic N) is 9. The molecule has 0 spiro atoms. The summed E-state index contributed by atoms with van der Waals surface area (Å²) < 4.78 is 3.98. The summed E-state index contributed by atoms with van der Waals surface area (Å²) in [6.07, 6.45) is 7.05. The van der Waals surface area contributed by atoms with E-state index in [-0.39, 0.29) is 0 Å². The molecule has 0 radical (unpaired) electrons. The van der Waals surface area contributed by atoms with Gasteiger partial charge in [0.25, 0.3) is 0 Å². The van der Waals surface area contributed by atoms with Crippen LogP contribution in [0.15, 0.2) is 24.9 Å². The minimum Gasteiger partial charge on any atom is -0.373 e. The van der Waals surface area contributed by atoms with Crippen LogP contribution in [0.3, 0.4) is 0 Å². The fourth-order valence-corrected chi connectivity index (χ4v) is 3.55. The minimum atomic E-state index is 0.394. The van der Waals surface area contributed by atoms with Gasteiger partial charge in [-0.25, -0.2) is 14.6 Å². The number of anilines is 2. The topological polar surface area (TPSA) is 102 Å². The van der Waals surface area contributed by atoms with Crippen LogP contribution in [0.5, 0.6) is 0 Å². The molecule has 0 aliphatic carbocycles. The van der Waals surface area contributed by atoms with E-state index in [1.807, 2.05) is 13.1 Å². The van der Waals surface area contributed by atoms with Gasteiger partial charge in [-0.05, 0) is 25.8 Å². The Morgan fingerprint density at radius 1 is 1.22 bits per heavy atom. The Labute approximate surface area is 157 Å². The van der Waals surface area contributed by atoms with Gasteiger partial charge in [0, 0.05) is 38.8 Å². The van der Waals surface area contributed by atoms with Crippen molar-refractivity contribution in [3.8, 4) is 0 Å². The highest BCUT2D eigenvalue weighted by atomic mass is 15.4. The van der Waals surface area contributed by atoms with Crippen LogP contribution >= 0.6 is 0 Å². The third-order valence-electron chi connectivity index (χ3n) is 4.98. The summed E-state index contributed by atoms with van der Waals surface area (Å²) in [6.45, 7) is 5.38. The summed E-state index contributed by atoms with van der Waals surface area (Å²) in [6, 6.07) is 1.87. The summed E-state index contributed by atoms with van der Waals surface area (Å²) in [4.78, 5) is 15.2. The van der Waals surface area contributed by atoms with Crippen LogP contribution in [0.2, 0.25) is 0 Å². The van der Waals surface area contributed by atoms with Gasteiger partial charge in [-0.2, -0.15) is 10.1 Å². The first kappa shape index (κ1) is 17.4. The van der Waals surface area contributed by atoms with Crippen molar-refractivity contribution in [2.75, 3.05) is 30.4 Å². The lowest BCUT2D eigenvalue weighted by Gasteiger charge is -2.31. The van der Waals surface area contributed by atoms with Gasteiger partial charge in [-0.15, -0.1) is 10.2 Å². The van der Waals surface area contributed by atoms with Crippen LogP contribution in [0.1, 0.15) is 37.3 Å². The number of piperidine rings is 1. The molecule has 0 aromatic carbocycles. The zero-order chi connectivity index (χ0) is 18.6. The van der Waals surface area contributed by atoms with E-state index in [2.05, 4.69) is 52.0 Å². The summed E-state index contributed by atoms with van der Waals surface area (Å²) in [5, 5.41) is 16.2. The van der Waals surface area contributed by atoms with E-state index >= 15 is 0 Å². The zero-order valence-corrected chi connectivity index (χ0v) is 15.7. The molecule has 1 saturated heterocycles. The molecule has 1 aliphatic rings. The molecule has 4 rings (SSSR count). The molecule has 0 saturated carbocycles. The Balaban J connectivity index is 1.45. The Bertz CT molecular complexity index is 864. The van der Waals surface area contributed by atoms with Crippen molar-refractivity contribution in [3.63, 3.8) is 0 Å². The largest absolute Gasteiger partial charge is 0.373 e. The summed E-state index contributed by atoms with van der Waals surface area (Å²) in [5.74, 6) is 4.00. The SMILES string of the molecule is CCn1c(Cn2cncn2)nnc1C1CCN(c2nccc(NC)n2)CC1. The van der Waals surface area contributed by atoms with Crippen LogP contribution in [0.25, 0.3) is 0 Å². The molecule has 10 nitrogen and oxygen atoms in total. The van der Waals surface area contributed by atoms with Gasteiger partial charge in [-0.3, -0.25) is 0 Å². The van der Waals surface area contributed by atoms with Crippen molar-refractivity contribution < 1.29 is 0 Å². The molecule has 0 atom stereocenters. The quantitative estimate of drug-likeness (QED) is 0.691. The lowest BCUT2D eigenvalue weighted by molar-refractivity contribution is 0.459. The van der Waals surface area contributed by atoms with E-state index in [1.54, 1.807) is 17.2 Å². The maximum Gasteiger partial charge on any atom is 0.227 e. The van der Waals surface area contributed by atoms with E-state index < -0.39 is 0 Å². The summed E-state index contributed by atoms with van der Waals surface area (Å²) in [7, 11) is 1.87. The van der Waals surface area contributed by atoms with Crippen molar-refractivity contribution in [3.05, 3.63) is 36.6 Å². The maximum atomic E-state index is 4.55. The second kappa shape index (κ2) is 7.68. The van der Waals surface area contributed by atoms with Gasteiger partial charge in [0.1, 0.15) is 30.8 Å². The van der Waals surface area contributed by atoms with Crippen LogP contribution in [-0.4, -0.2) is 59.6 Å². The zero-order valence-electron chi connectivity index (χ0n) is 15.7. The van der Waals surface area contributed by atoms with Crippen LogP contribution < -0.4 is 10.2 Å². The Kier molecular flexibility index (Phi) is 4.95. The Hall–Kier alpha value is -3.04. The number of rotatable bonds is 6. The highest BCUT2D eigenvalue weighted by molar-refractivity contribution is 5.41. The van der Waals surface area contributed by atoms with Crippen molar-refractivity contribution in [1.82, 2.24) is 39.5 Å². The standard InChI is InChI=1S/C17H24N10/c1-3-27-15(10-26-12-19-11-21-26)23-24-16(27)13-5-8-25(9-6-13)17-20-7-4-14(18-2)22-17/h4,7,11-13H,3,5-6,8-10H2,1-2H3,(H,18,20,22). The third kappa shape index (κ3) is 3.60. The first-order valence-corrected chi connectivity index (χ1v) is 9.28. The lowest BCUT2D eigenvalue weighted by Crippen LogP contribution is -2.35. The molecule has 142 valence electrons. The first-order valence-electron chi connectivity index (χ1n) is 9.28. The van der Waals surface area contributed by atoms with E-state index in [0.29, 0.717) is 12.5 Å². The highest BCUT2D eigenvalue weighted by Crippen LogP contribution is 2.29. The van der Waals surface area contributed by atoms with E-state index in [0.717, 1.165) is 55.9 Å². The van der Waals surface area contributed by atoms with Crippen LogP contribution in [0.4, 0.5) is 11.8 Å². The van der Waals surface area contributed by atoms with E-state index in [4.69, 9.17) is 0 Å². The third-order valence-corrected chi connectivity index (χ3v) is 4.98. The Morgan fingerprint density at radius 3 is 2.78 bits per heavy atom. The lowest BCUT2D eigenvalue weighted by atomic mass is 9.96. The van der Waals surface area contributed by atoms with Crippen LogP contribution in [0, 0.1) is 0 Å². The molecule has 0 unspecified atom stereocenters. The fraction of sp³-hybridized carbons (Fsp3) is 0.529. The summed E-state index contributed by atoms with van der Waals surface area (Å²) in [5.41, 5.74) is 0. The first-order chi connectivity index (χ1) is 13.3. The smallest absolute Gasteiger partial charge is 0.227 e. The average Bonchev–Trinajstić information content (AvgIpc) is 3.38. The predicted molar refractivity (Wildman–Crippen MR) is 101 cm³/mol. The monoisotopic (exact) mass is 368 g/mol. The molecular formula is C17H24N10. The molecule has 4 heterocycles. The molecular weight excluding hydrogens is 344 g/mol. The van der Waals surface area contributed by atoms with Gasteiger partial charge in [0.15, 0.2) is 5.82 Å². The molecule has 27 heavy (non-hydrogen) atoms. The van der Waals surface area contributed by atoms with Gasteiger partial charge < -0.3 is 14.8 Å². The predicted octanol–water partition coefficient (Wildman–Crippen LogP) is 1.15. The average molecular weight is 368 g/mol. The maximum absolute atomic E-state index is 4.55. The number of aromatic nitrogens is 8. The fourth-order valence-electron chi connectivity index (χ4n) is 3.55. The van der Waals surface area contributed by atoms with Gasteiger partial charge in [0.2, 0.25) is 5.95 Å². The highest BCUT2D eigenvalue weighted by Gasteiger charge is 2.27. The molecule has 0 amide bonds. The van der Waals surface area contributed by atoms with Crippen molar-refractivity contribution >= 4 is 11.8 Å². The molecule has 1 aliphatic heterocycles. The Morgan fingerprint density at radius 2 is 2.07 bits per heavy atom. The molecule has 3 aromatic rings. The molecule has 1 fully saturated rings. The van der Waals surface area contributed by atoms with Crippen molar-refractivity contribution in [1.29, 1.82) is 0 Å². The normalized spacial score (nSPS) is 15.3. The molecule has 1 N–H and O–H groups in total. The van der Waals surface area contributed by atoms with E-state index in [1.165, 1.54) is 6.33 Å². The molecule has 0 bridgehead atoms. The minimum absolute atomic E-state index is 0.394. The van der Waals surface area contributed by atoms with Crippen LogP contribution in [-0.2, 0) is 13.1 Å². The molecule has 3 aromatic heterocycles. The molecule has 10 heteroatoms. The van der Waals surface area contributed by atoms with Gasteiger partial charge >= 0.3 is 0 Å². The number of nitrogens with one attached hydrogen (secondary N) is 1. The number of hydrogen-bond acceptors (Lipinski definition) is 8. The van der Waals surface area contributed by atoms with Gasteiger partial charge in [0.05, 0.1) is 0 Å². The number of hydrogen-bond donors (Lipinski definition) is 1. The summed E-state index contributed by atoms with van der Waals surface area (Å²) >= 11 is 0. The van der Waals surface area contributed by atoms with Crippen molar-refractivity contribution in [2.45, 2.75) is 38.8 Å². The van der Waals surface area contributed by atoms with Gasteiger partial charge in [-0.1, -0.05) is 0 Å².